The van der Waals surface area contributed by atoms with Crippen LogP contribution in [0, 0.1) is 0 Å². The molecule has 2 atom stereocenters. The highest BCUT2D eigenvalue weighted by molar-refractivity contribution is 5.18. The minimum absolute atomic E-state index is 0.130. The second kappa shape index (κ2) is 5.46. The molecule has 88 valence electrons. The summed E-state index contributed by atoms with van der Waals surface area (Å²) in [5.41, 5.74) is 1.00. The largest absolute Gasteiger partial charge is 0.387 e. The molecule has 1 aromatic rings. The summed E-state index contributed by atoms with van der Waals surface area (Å²) in [6.07, 6.45) is 4.76. The topological polar surface area (TPSA) is 32.3 Å². The SMILES string of the molecule is CC(NC1CCCC1)C(O)c1ccccc1. The van der Waals surface area contributed by atoms with E-state index in [4.69, 9.17) is 0 Å². The molecule has 0 aromatic heterocycles. The minimum Gasteiger partial charge on any atom is -0.387 e. The van der Waals surface area contributed by atoms with Crippen LogP contribution in [0.25, 0.3) is 0 Å². The molecule has 0 aliphatic heterocycles. The average molecular weight is 219 g/mol. The molecule has 1 aliphatic carbocycles. The molecule has 1 saturated carbocycles. The summed E-state index contributed by atoms with van der Waals surface area (Å²) in [5.74, 6) is 0. The molecule has 2 unspecified atom stereocenters. The number of rotatable bonds is 4. The van der Waals surface area contributed by atoms with Gasteiger partial charge in [-0.1, -0.05) is 43.2 Å². The highest BCUT2D eigenvalue weighted by Crippen LogP contribution is 2.21. The smallest absolute Gasteiger partial charge is 0.0940 e. The molecule has 0 bridgehead atoms. The summed E-state index contributed by atoms with van der Waals surface area (Å²) < 4.78 is 0. The molecular weight excluding hydrogens is 198 g/mol. The summed E-state index contributed by atoms with van der Waals surface area (Å²) in [7, 11) is 0. The van der Waals surface area contributed by atoms with Crippen molar-refractivity contribution < 1.29 is 5.11 Å². The van der Waals surface area contributed by atoms with Gasteiger partial charge in [-0.2, -0.15) is 0 Å². The Morgan fingerprint density at radius 1 is 1.19 bits per heavy atom. The van der Waals surface area contributed by atoms with Crippen LogP contribution in [0.5, 0.6) is 0 Å². The Morgan fingerprint density at radius 3 is 2.44 bits per heavy atom. The number of benzene rings is 1. The van der Waals surface area contributed by atoms with E-state index in [9.17, 15) is 5.11 Å². The maximum Gasteiger partial charge on any atom is 0.0940 e. The van der Waals surface area contributed by atoms with Crippen molar-refractivity contribution in [2.75, 3.05) is 0 Å². The Bertz CT molecular complexity index is 306. The molecule has 1 aromatic carbocycles. The zero-order valence-electron chi connectivity index (χ0n) is 9.89. The van der Waals surface area contributed by atoms with Crippen molar-refractivity contribution in [3.05, 3.63) is 35.9 Å². The Labute approximate surface area is 97.7 Å². The first-order valence-corrected chi connectivity index (χ1v) is 6.26. The molecule has 1 aliphatic rings. The van der Waals surface area contributed by atoms with E-state index in [1.807, 2.05) is 30.3 Å². The fourth-order valence-corrected chi connectivity index (χ4v) is 2.49. The minimum atomic E-state index is -0.401. The van der Waals surface area contributed by atoms with Crippen molar-refractivity contribution >= 4 is 0 Å². The van der Waals surface area contributed by atoms with Gasteiger partial charge in [-0.25, -0.2) is 0 Å². The van der Waals surface area contributed by atoms with Gasteiger partial charge in [0.05, 0.1) is 6.10 Å². The summed E-state index contributed by atoms with van der Waals surface area (Å²) in [4.78, 5) is 0. The molecule has 0 saturated heterocycles. The van der Waals surface area contributed by atoms with E-state index in [-0.39, 0.29) is 6.04 Å². The summed E-state index contributed by atoms with van der Waals surface area (Å²) >= 11 is 0. The van der Waals surface area contributed by atoms with Crippen LogP contribution in [0.2, 0.25) is 0 Å². The summed E-state index contributed by atoms with van der Waals surface area (Å²) in [6.45, 7) is 2.07. The Morgan fingerprint density at radius 2 is 1.81 bits per heavy atom. The van der Waals surface area contributed by atoms with E-state index in [1.54, 1.807) is 0 Å². The van der Waals surface area contributed by atoms with Gasteiger partial charge < -0.3 is 10.4 Å². The first kappa shape index (κ1) is 11.6. The summed E-state index contributed by atoms with van der Waals surface area (Å²) in [6, 6.07) is 10.6. The molecule has 2 rings (SSSR count). The van der Waals surface area contributed by atoms with Gasteiger partial charge in [0.25, 0.3) is 0 Å². The number of hydrogen-bond acceptors (Lipinski definition) is 2. The van der Waals surface area contributed by atoms with E-state index < -0.39 is 6.10 Å². The number of aliphatic hydroxyl groups excluding tert-OH is 1. The Balaban J connectivity index is 1.91. The van der Waals surface area contributed by atoms with Crippen LogP contribution >= 0.6 is 0 Å². The maximum atomic E-state index is 10.2. The molecule has 1 fully saturated rings. The number of aliphatic hydroxyl groups is 1. The van der Waals surface area contributed by atoms with E-state index in [0.717, 1.165) is 5.56 Å². The third kappa shape index (κ3) is 2.83. The lowest BCUT2D eigenvalue weighted by atomic mass is 10.0. The number of nitrogens with one attached hydrogen (secondary N) is 1. The normalized spacial score (nSPS) is 20.9. The van der Waals surface area contributed by atoms with Gasteiger partial charge in [0.15, 0.2) is 0 Å². The molecular formula is C14H21NO. The standard InChI is InChI=1S/C14H21NO/c1-11(15-13-9-5-6-10-13)14(16)12-7-3-2-4-8-12/h2-4,7-8,11,13-16H,5-6,9-10H2,1H3. The van der Waals surface area contributed by atoms with Crippen molar-refractivity contribution in [1.82, 2.24) is 5.32 Å². The average Bonchev–Trinajstić information content (AvgIpc) is 2.82. The highest BCUT2D eigenvalue weighted by Gasteiger charge is 2.21. The predicted octanol–water partition coefficient (Wildman–Crippen LogP) is 2.64. The van der Waals surface area contributed by atoms with Crippen LogP contribution in [-0.4, -0.2) is 17.2 Å². The van der Waals surface area contributed by atoms with Crippen LogP contribution in [0.15, 0.2) is 30.3 Å². The van der Waals surface area contributed by atoms with E-state index in [0.29, 0.717) is 6.04 Å². The van der Waals surface area contributed by atoms with Crippen molar-refractivity contribution in [3.63, 3.8) is 0 Å². The van der Waals surface area contributed by atoms with Gasteiger partial charge in [0, 0.05) is 12.1 Å². The van der Waals surface area contributed by atoms with Gasteiger partial charge in [-0.3, -0.25) is 0 Å². The molecule has 0 heterocycles. The van der Waals surface area contributed by atoms with Crippen LogP contribution in [0.3, 0.4) is 0 Å². The second-order valence-corrected chi connectivity index (χ2v) is 4.79. The third-order valence-electron chi connectivity index (χ3n) is 3.47. The van der Waals surface area contributed by atoms with E-state index >= 15 is 0 Å². The fraction of sp³-hybridized carbons (Fsp3) is 0.571. The third-order valence-corrected chi connectivity index (χ3v) is 3.47. The van der Waals surface area contributed by atoms with Crippen LogP contribution in [0.1, 0.15) is 44.3 Å². The molecule has 2 heteroatoms. The lowest BCUT2D eigenvalue weighted by Crippen LogP contribution is -2.38. The van der Waals surface area contributed by atoms with Gasteiger partial charge in [-0.15, -0.1) is 0 Å². The van der Waals surface area contributed by atoms with Gasteiger partial charge in [0.2, 0.25) is 0 Å². The lowest BCUT2D eigenvalue weighted by Gasteiger charge is -2.24. The van der Waals surface area contributed by atoms with Gasteiger partial charge >= 0.3 is 0 Å². The molecule has 0 radical (unpaired) electrons. The van der Waals surface area contributed by atoms with Gasteiger partial charge in [0.1, 0.15) is 0 Å². The van der Waals surface area contributed by atoms with E-state index in [1.165, 1.54) is 25.7 Å². The van der Waals surface area contributed by atoms with Gasteiger partial charge in [-0.05, 0) is 25.3 Å². The number of hydrogen-bond donors (Lipinski definition) is 2. The Kier molecular flexibility index (Phi) is 3.97. The lowest BCUT2D eigenvalue weighted by molar-refractivity contribution is 0.129. The zero-order chi connectivity index (χ0) is 11.4. The molecule has 0 spiro atoms. The van der Waals surface area contributed by atoms with Crippen LogP contribution in [-0.2, 0) is 0 Å². The molecule has 16 heavy (non-hydrogen) atoms. The predicted molar refractivity (Wildman–Crippen MR) is 66.3 cm³/mol. The first-order valence-electron chi connectivity index (χ1n) is 6.26. The van der Waals surface area contributed by atoms with E-state index in [2.05, 4.69) is 12.2 Å². The van der Waals surface area contributed by atoms with Crippen molar-refractivity contribution in [1.29, 1.82) is 0 Å². The monoisotopic (exact) mass is 219 g/mol. The summed E-state index contributed by atoms with van der Waals surface area (Å²) in [5, 5.41) is 13.7. The van der Waals surface area contributed by atoms with Crippen molar-refractivity contribution in [3.8, 4) is 0 Å². The quantitative estimate of drug-likeness (QED) is 0.816. The molecule has 2 N–H and O–H groups in total. The van der Waals surface area contributed by atoms with Crippen molar-refractivity contribution in [2.45, 2.75) is 50.8 Å². The molecule has 0 amide bonds. The van der Waals surface area contributed by atoms with Crippen LogP contribution in [0.4, 0.5) is 0 Å². The molecule has 2 nitrogen and oxygen atoms in total. The zero-order valence-corrected chi connectivity index (χ0v) is 9.89. The first-order chi connectivity index (χ1) is 7.77. The van der Waals surface area contributed by atoms with Crippen molar-refractivity contribution in [2.24, 2.45) is 0 Å². The maximum absolute atomic E-state index is 10.2. The highest BCUT2D eigenvalue weighted by atomic mass is 16.3. The fourth-order valence-electron chi connectivity index (χ4n) is 2.49. The van der Waals surface area contributed by atoms with Crippen LogP contribution < -0.4 is 5.32 Å². The second-order valence-electron chi connectivity index (χ2n) is 4.79. The Hall–Kier alpha value is -0.860.